The monoisotopic (exact) mass is 1400 g/mol. The van der Waals surface area contributed by atoms with Crippen molar-refractivity contribution in [2.75, 3.05) is 39.6 Å². The Morgan fingerprint density at radius 2 is 0.442 bits per heavy atom. The number of ether oxygens (including phenoxy) is 4. The Kier molecular flexibility index (Phi) is 64.0. The fraction of sp³-hybridized carbons (Fsp3) is 0.947. The van der Waals surface area contributed by atoms with E-state index in [9.17, 15) is 43.2 Å². The number of aliphatic hydroxyl groups excluding tert-OH is 1. The molecular weight excluding hydrogens is 1250 g/mol. The molecule has 5 atom stereocenters. The molecule has 0 aromatic heterocycles. The van der Waals surface area contributed by atoms with Crippen LogP contribution in [-0.4, -0.2) is 96.7 Å². The van der Waals surface area contributed by atoms with Gasteiger partial charge >= 0.3 is 39.5 Å². The summed E-state index contributed by atoms with van der Waals surface area (Å²) in [4.78, 5) is 72.8. The van der Waals surface area contributed by atoms with Crippen molar-refractivity contribution in [1.82, 2.24) is 0 Å². The first-order valence-corrected chi connectivity index (χ1v) is 42.2. The Balaban J connectivity index is 5.25. The van der Waals surface area contributed by atoms with Gasteiger partial charge in [-0.25, -0.2) is 9.13 Å². The largest absolute Gasteiger partial charge is 0.472 e. The van der Waals surface area contributed by atoms with Crippen molar-refractivity contribution in [2.45, 2.75) is 401 Å². The quantitative estimate of drug-likeness (QED) is 0.0222. The molecule has 0 aliphatic carbocycles. The zero-order valence-electron chi connectivity index (χ0n) is 62.3. The van der Waals surface area contributed by atoms with Crippen LogP contribution in [0.4, 0.5) is 0 Å². The van der Waals surface area contributed by atoms with Crippen LogP contribution in [0.3, 0.4) is 0 Å². The third-order valence-electron chi connectivity index (χ3n) is 17.6. The van der Waals surface area contributed by atoms with Crippen molar-refractivity contribution in [3.63, 3.8) is 0 Å². The van der Waals surface area contributed by atoms with E-state index in [0.29, 0.717) is 25.7 Å². The summed E-state index contributed by atoms with van der Waals surface area (Å²) >= 11 is 0. The van der Waals surface area contributed by atoms with Crippen LogP contribution in [0.1, 0.15) is 383 Å². The SMILES string of the molecule is CC(C)CCCCCCCCCCCCCCCCCC(=O)O[C@H](COC(=O)CCCCCCCCCCCCC(C)C)COP(=O)(O)OC[C@@H](O)COP(=O)(O)OC[C@@H](COC(=O)CCCCCCCCCCCC(C)C)OC(=O)CCCCCCCCCCCC(C)C. The second-order valence-electron chi connectivity index (χ2n) is 29.3. The highest BCUT2D eigenvalue weighted by Crippen LogP contribution is 2.45. The molecule has 0 bridgehead atoms. The molecule has 0 saturated carbocycles. The third kappa shape index (κ3) is 70.3. The fourth-order valence-corrected chi connectivity index (χ4v) is 13.1. The van der Waals surface area contributed by atoms with E-state index in [0.717, 1.165) is 114 Å². The van der Waals surface area contributed by atoms with Gasteiger partial charge in [-0.1, -0.05) is 331 Å². The summed E-state index contributed by atoms with van der Waals surface area (Å²) in [7, 11) is -9.91. The van der Waals surface area contributed by atoms with Crippen LogP contribution in [0.2, 0.25) is 0 Å². The van der Waals surface area contributed by atoms with Crippen LogP contribution in [0.5, 0.6) is 0 Å². The number of aliphatic hydroxyl groups is 1. The molecule has 0 aromatic carbocycles. The number of carbonyl (C=O) groups excluding carboxylic acids is 4. The molecule has 0 aliphatic heterocycles. The first kappa shape index (κ1) is 93.1. The molecule has 0 radical (unpaired) electrons. The molecule has 0 fully saturated rings. The number of hydrogen-bond acceptors (Lipinski definition) is 15. The normalized spacial score (nSPS) is 14.1. The first-order valence-electron chi connectivity index (χ1n) is 39.2. The molecule has 3 N–H and O–H groups in total. The molecular formula is C76H148O17P2. The van der Waals surface area contributed by atoms with Gasteiger partial charge < -0.3 is 33.8 Å². The van der Waals surface area contributed by atoms with E-state index in [4.69, 9.17) is 37.0 Å². The molecule has 0 heterocycles. The number of rotatable bonds is 73. The van der Waals surface area contributed by atoms with Crippen molar-refractivity contribution >= 4 is 39.5 Å². The second-order valence-corrected chi connectivity index (χ2v) is 32.2. The van der Waals surface area contributed by atoms with E-state index in [1.807, 2.05) is 0 Å². The topological polar surface area (TPSA) is 237 Å². The van der Waals surface area contributed by atoms with Gasteiger partial charge in [-0.05, 0) is 49.4 Å². The smallest absolute Gasteiger partial charge is 0.462 e. The average Bonchev–Trinajstić information content (AvgIpc) is 1.77. The zero-order valence-corrected chi connectivity index (χ0v) is 64.1. The lowest BCUT2D eigenvalue weighted by Gasteiger charge is -2.21. The lowest BCUT2D eigenvalue weighted by Crippen LogP contribution is -2.30. The van der Waals surface area contributed by atoms with Crippen molar-refractivity contribution in [2.24, 2.45) is 23.7 Å². The molecule has 564 valence electrons. The summed E-state index contributed by atoms with van der Waals surface area (Å²) in [6, 6.07) is 0. The average molecular weight is 1400 g/mol. The van der Waals surface area contributed by atoms with Gasteiger partial charge in [0.25, 0.3) is 0 Å². The predicted octanol–water partition coefficient (Wildman–Crippen LogP) is 22.0. The van der Waals surface area contributed by atoms with Gasteiger partial charge in [-0.15, -0.1) is 0 Å². The standard InChI is InChI=1S/C76H148O17P2/c1-66(2)52-44-36-28-20-14-12-10-9-11-13-15-25-34-42-50-58-75(80)92-71(62-86-73(78)56-48-40-32-24-17-16-21-29-37-45-53-67(3)4)64-90-94(82,83)88-60-70(77)61-89-95(84,85)91-65-72(93-76(81)59-51-43-35-27-19-23-31-39-47-55-69(7)8)63-87-74(79)57-49-41-33-26-18-22-30-38-46-54-68(5)6/h66-72,77H,9-65H2,1-8H3,(H,82,83)(H,84,85)/t70-,71-,72-/m1/s1. The molecule has 19 heteroatoms. The molecule has 0 aromatic rings. The van der Waals surface area contributed by atoms with Gasteiger partial charge in [0.1, 0.15) is 19.3 Å². The lowest BCUT2D eigenvalue weighted by atomic mass is 10.0. The highest BCUT2D eigenvalue weighted by Gasteiger charge is 2.30. The van der Waals surface area contributed by atoms with E-state index in [1.165, 1.54) is 186 Å². The van der Waals surface area contributed by atoms with Crippen LogP contribution >= 0.6 is 15.6 Å². The highest BCUT2D eigenvalue weighted by atomic mass is 31.2. The second kappa shape index (κ2) is 65.4. The minimum atomic E-state index is -4.96. The van der Waals surface area contributed by atoms with E-state index in [1.54, 1.807) is 0 Å². The summed E-state index contributed by atoms with van der Waals surface area (Å²) in [6.07, 6.45) is 49.9. The predicted molar refractivity (Wildman–Crippen MR) is 386 cm³/mol. The minimum absolute atomic E-state index is 0.105. The Hall–Kier alpha value is -1.94. The Bertz CT molecular complexity index is 1870. The summed E-state index contributed by atoms with van der Waals surface area (Å²) in [5.41, 5.74) is 0. The Morgan fingerprint density at radius 3 is 0.653 bits per heavy atom. The number of esters is 4. The van der Waals surface area contributed by atoms with Crippen LogP contribution in [0.15, 0.2) is 0 Å². The molecule has 2 unspecified atom stereocenters. The molecule has 0 rings (SSSR count). The van der Waals surface area contributed by atoms with E-state index in [-0.39, 0.29) is 25.7 Å². The van der Waals surface area contributed by atoms with Crippen molar-refractivity contribution in [3.8, 4) is 0 Å². The van der Waals surface area contributed by atoms with E-state index in [2.05, 4.69) is 55.4 Å². The highest BCUT2D eigenvalue weighted by molar-refractivity contribution is 7.47. The van der Waals surface area contributed by atoms with Gasteiger partial charge in [-0.2, -0.15) is 0 Å². The maximum atomic E-state index is 13.1. The third-order valence-corrected chi connectivity index (χ3v) is 19.5. The minimum Gasteiger partial charge on any atom is -0.462 e. The first-order chi connectivity index (χ1) is 45.6. The van der Waals surface area contributed by atoms with Gasteiger partial charge in [0, 0.05) is 25.7 Å². The van der Waals surface area contributed by atoms with Gasteiger partial charge in [0.05, 0.1) is 26.4 Å². The van der Waals surface area contributed by atoms with Gasteiger partial charge in [0.15, 0.2) is 12.2 Å². The van der Waals surface area contributed by atoms with E-state index < -0.39 is 97.5 Å². The summed E-state index contributed by atoms with van der Waals surface area (Å²) in [6.45, 7) is 14.2. The number of carbonyl (C=O) groups is 4. The van der Waals surface area contributed by atoms with Crippen LogP contribution in [-0.2, 0) is 65.4 Å². The molecule has 0 aliphatic rings. The maximum Gasteiger partial charge on any atom is 0.472 e. The maximum absolute atomic E-state index is 13.1. The zero-order chi connectivity index (χ0) is 70.3. The molecule has 0 saturated heterocycles. The van der Waals surface area contributed by atoms with Crippen LogP contribution in [0.25, 0.3) is 0 Å². The summed E-state index contributed by atoms with van der Waals surface area (Å²) in [5.74, 6) is 0.921. The number of unbranched alkanes of at least 4 members (excludes halogenated alkanes) is 39. The number of phosphoric acid groups is 2. The Labute approximate surface area is 581 Å². The molecule has 0 spiro atoms. The Morgan fingerprint density at radius 1 is 0.263 bits per heavy atom. The summed E-state index contributed by atoms with van der Waals surface area (Å²) in [5, 5.41) is 10.6. The van der Waals surface area contributed by atoms with Gasteiger partial charge in [0.2, 0.25) is 0 Å². The number of hydrogen-bond donors (Lipinski definition) is 3. The summed E-state index contributed by atoms with van der Waals surface area (Å²) < 4.78 is 68.5. The lowest BCUT2D eigenvalue weighted by molar-refractivity contribution is -0.161. The van der Waals surface area contributed by atoms with Crippen LogP contribution < -0.4 is 0 Å². The fourth-order valence-electron chi connectivity index (χ4n) is 11.6. The van der Waals surface area contributed by atoms with E-state index >= 15 is 0 Å². The van der Waals surface area contributed by atoms with Crippen LogP contribution in [0, 0.1) is 23.7 Å². The molecule has 95 heavy (non-hydrogen) atoms. The molecule has 17 nitrogen and oxygen atoms in total. The van der Waals surface area contributed by atoms with Gasteiger partial charge in [-0.3, -0.25) is 37.3 Å². The van der Waals surface area contributed by atoms with Crippen molar-refractivity contribution < 1.29 is 80.2 Å². The van der Waals surface area contributed by atoms with Crippen molar-refractivity contribution in [3.05, 3.63) is 0 Å². The number of phosphoric ester groups is 2. The molecule has 0 amide bonds. The van der Waals surface area contributed by atoms with Crippen molar-refractivity contribution in [1.29, 1.82) is 0 Å².